The second-order valence-electron chi connectivity index (χ2n) is 5.67. The first kappa shape index (κ1) is 17.5. The summed E-state index contributed by atoms with van der Waals surface area (Å²) in [5, 5.41) is 15.4. The number of carbonyl (C=O) groups excluding carboxylic acids is 1. The minimum Gasteiger partial charge on any atom is -0.480 e. The lowest BCUT2D eigenvalue weighted by Gasteiger charge is -2.16. The van der Waals surface area contributed by atoms with Crippen LogP contribution in [0, 0.1) is 5.92 Å². The summed E-state index contributed by atoms with van der Waals surface area (Å²) in [4.78, 5) is 35.2. The third-order valence-corrected chi connectivity index (χ3v) is 3.14. The average Bonchev–Trinajstić information content (AvgIpc) is 3.01. The van der Waals surface area contributed by atoms with Crippen molar-refractivity contribution in [2.75, 3.05) is 0 Å². The van der Waals surface area contributed by atoms with Crippen LogP contribution in [0.1, 0.15) is 32.6 Å². The molecule has 0 saturated heterocycles. The lowest BCUT2D eigenvalue weighted by molar-refractivity contribution is -0.142. The van der Waals surface area contributed by atoms with Gasteiger partial charge in [0, 0.05) is 25.2 Å². The second-order valence-corrected chi connectivity index (χ2v) is 5.67. The van der Waals surface area contributed by atoms with E-state index in [4.69, 9.17) is 9.63 Å². The van der Waals surface area contributed by atoms with Gasteiger partial charge >= 0.3 is 5.97 Å². The minimum absolute atomic E-state index is 0.0547. The summed E-state index contributed by atoms with van der Waals surface area (Å²) in [5.74, 6) is -0.412. The Bertz CT molecular complexity index is 686. The summed E-state index contributed by atoms with van der Waals surface area (Å²) in [6.45, 7) is 3.79. The van der Waals surface area contributed by atoms with Crippen molar-refractivity contribution in [3.63, 3.8) is 0 Å². The zero-order chi connectivity index (χ0) is 17.5. The lowest BCUT2D eigenvalue weighted by atomic mass is 10.0. The molecule has 0 aliphatic heterocycles. The number of rotatable bonds is 8. The lowest BCUT2D eigenvalue weighted by Crippen LogP contribution is -2.41. The molecule has 24 heavy (non-hydrogen) atoms. The van der Waals surface area contributed by atoms with Gasteiger partial charge in [-0.05, 0) is 18.4 Å². The van der Waals surface area contributed by atoms with Crippen molar-refractivity contribution in [3.05, 3.63) is 24.4 Å². The minimum atomic E-state index is -1.04. The van der Waals surface area contributed by atoms with Gasteiger partial charge in [-0.3, -0.25) is 4.79 Å². The molecule has 2 heterocycles. The van der Waals surface area contributed by atoms with Gasteiger partial charge in [-0.2, -0.15) is 4.98 Å². The van der Waals surface area contributed by atoms with E-state index < -0.39 is 12.0 Å². The van der Waals surface area contributed by atoms with Crippen molar-refractivity contribution in [1.82, 2.24) is 25.4 Å². The Labute approximate surface area is 138 Å². The number of aliphatic carboxylic acids is 1. The van der Waals surface area contributed by atoms with Crippen LogP contribution in [0.15, 0.2) is 23.0 Å². The Morgan fingerprint density at radius 1 is 1.25 bits per heavy atom. The Kier molecular flexibility index (Phi) is 5.94. The summed E-state index contributed by atoms with van der Waals surface area (Å²) in [6, 6.07) is 0.777. The van der Waals surface area contributed by atoms with E-state index in [9.17, 15) is 9.59 Å². The first-order valence-electron chi connectivity index (χ1n) is 7.58. The number of hydrogen-bond donors (Lipinski definition) is 2. The number of carboxylic acids is 1. The number of aryl methyl sites for hydroxylation is 1. The highest BCUT2D eigenvalue weighted by Gasteiger charge is 2.21. The molecule has 2 aromatic rings. The Balaban J connectivity index is 1.88. The molecule has 1 unspecified atom stereocenters. The van der Waals surface area contributed by atoms with Gasteiger partial charge in [0.15, 0.2) is 0 Å². The number of hydrogen-bond acceptors (Lipinski definition) is 7. The van der Waals surface area contributed by atoms with Crippen LogP contribution in [-0.2, 0) is 16.0 Å². The molecule has 128 valence electrons. The van der Waals surface area contributed by atoms with Crippen LogP contribution in [-0.4, -0.2) is 43.1 Å². The van der Waals surface area contributed by atoms with Gasteiger partial charge in [0.05, 0.1) is 0 Å². The summed E-state index contributed by atoms with van der Waals surface area (Å²) in [5.41, 5.74) is 0. The van der Waals surface area contributed by atoms with Crippen LogP contribution in [0.4, 0.5) is 0 Å². The maximum Gasteiger partial charge on any atom is 0.326 e. The fourth-order valence-electron chi connectivity index (χ4n) is 2.04. The standard InChI is InChI=1S/C15H19N5O4/c1-9(2)8-10(15(22)23)18-11(21)4-5-12-19-14(20-24-12)13-16-6-3-7-17-13/h3,6-7,9-10H,4-5,8H2,1-2H3,(H,18,21)(H,22,23). The molecule has 1 amide bonds. The number of nitrogens with one attached hydrogen (secondary N) is 1. The van der Waals surface area contributed by atoms with Gasteiger partial charge in [0.2, 0.25) is 23.4 Å². The van der Waals surface area contributed by atoms with E-state index in [-0.39, 0.29) is 36.4 Å². The van der Waals surface area contributed by atoms with Crippen molar-refractivity contribution in [1.29, 1.82) is 0 Å². The van der Waals surface area contributed by atoms with Crippen LogP contribution < -0.4 is 5.32 Å². The van der Waals surface area contributed by atoms with Gasteiger partial charge in [-0.15, -0.1) is 0 Å². The fourth-order valence-corrected chi connectivity index (χ4v) is 2.04. The molecule has 0 bridgehead atoms. The molecule has 9 nitrogen and oxygen atoms in total. The van der Waals surface area contributed by atoms with Crippen molar-refractivity contribution in [2.45, 2.75) is 39.2 Å². The molecular weight excluding hydrogens is 314 g/mol. The van der Waals surface area contributed by atoms with Crippen LogP contribution in [0.2, 0.25) is 0 Å². The van der Waals surface area contributed by atoms with Gasteiger partial charge < -0.3 is 14.9 Å². The van der Waals surface area contributed by atoms with E-state index in [0.29, 0.717) is 12.2 Å². The van der Waals surface area contributed by atoms with Crippen LogP contribution in [0.25, 0.3) is 11.6 Å². The van der Waals surface area contributed by atoms with Crippen molar-refractivity contribution in [3.8, 4) is 11.6 Å². The first-order chi connectivity index (χ1) is 11.5. The quantitative estimate of drug-likeness (QED) is 0.733. The normalized spacial score (nSPS) is 12.1. The molecule has 2 rings (SSSR count). The van der Waals surface area contributed by atoms with Gasteiger partial charge in [0.1, 0.15) is 6.04 Å². The largest absolute Gasteiger partial charge is 0.480 e. The summed E-state index contributed by atoms with van der Waals surface area (Å²) >= 11 is 0. The van der Waals surface area contributed by atoms with Gasteiger partial charge in [-0.25, -0.2) is 14.8 Å². The van der Waals surface area contributed by atoms with Gasteiger partial charge in [-0.1, -0.05) is 19.0 Å². The fraction of sp³-hybridized carbons (Fsp3) is 0.467. The highest BCUT2D eigenvalue weighted by molar-refractivity contribution is 5.83. The SMILES string of the molecule is CC(C)CC(NC(=O)CCc1nc(-c2ncccn2)no1)C(=O)O. The predicted molar refractivity (Wildman–Crippen MR) is 82.7 cm³/mol. The topological polar surface area (TPSA) is 131 Å². The van der Waals surface area contributed by atoms with Crippen LogP contribution in [0.5, 0.6) is 0 Å². The van der Waals surface area contributed by atoms with Crippen molar-refractivity contribution >= 4 is 11.9 Å². The summed E-state index contributed by atoms with van der Waals surface area (Å²) in [6.07, 6.45) is 3.76. The van der Waals surface area contributed by atoms with E-state index >= 15 is 0 Å². The zero-order valence-corrected chi connectivity index (χ0v) is 13.5. The number of carbonyl (C=O) groups is 2. The molecule has 0 saturated carbocycles. The number of carboxylic acid groups (broad SMARTS) is 1. The smallest absolute Gasteiger partial charge is 0.326 e. The highest BCUT2D eigenvalue weighted by atomic mass is 16.5. The average molecular weight is 333 g/mol. The Morgan fingerprint density at radius 3 is 2.58 bits per heavy atom. The maximum atomic E-state index is 11.9. The van der Waals surface area contributed by atoms with Crippen LogP contribution in [0.3, 0.4) is 0 Å². The monoisotopic (exact) mass is 333 g/mol. The highest BCUT2D eigenvalue weighted by Crippen LogP contribution is 2.10. The summed E-state index contributed by atoms with van der Waals surface area (Å²) in [7, 11) is 0. The third kappa shape index (κ3) is 5.11. The molecule has 9 heteroatoms. The van der Waals surface area contributed by atoms with Crippen molar-refractivity contribution in [2.24, 2.45) is 5.92 Å². The predicted octanol–water partition coefficient (Wildman–Crippen LogP) is 1.07. The molecule has 0 aromatic carbocycles. The molecule has 0 aliphatic rings. The van der Waals surface area contributed by atoms with Crippen molar-refractivity contribution < 1.29 is 19.2 Å². The third-order valence-electron chi connectivity index (χ3n) is 3.14. The molecule has 0 spiro atoms. The van der Waals surface area contributed by atoms with Crippen LogP contribution >= 0.6 is 0 Å². The Morgan fingerprint density at radius 2 is 1.96 bits per heavy atom. The zero-order valence-electron chi connectivity index (χ0n) is 13.5. The maximum absolute atomic E-state index is 11.9. The molecular formula is C15H19N5O4. The number of nitrogens with zero attached hydrogens (tertiary/aromatic N) is 4. The van der Waals surface area contributed by atoms with E-state index in [1.54, 1.807) is 18.5 Å². The first-order valence-corrected chi connectivity index (χ1v) is 7.58. The molecule has 0 radical (unpaired) electrons. The van der Waals surface area contributed by atoms with E-state index in [2.05, 4.69) is 25.4 Å². The molecule has 2 aromatic heterocycles. The molecule has 1 atom stereocenters. The number of aromatic nitrogens is 4. The van der Waals surface area contributed by atoms with Gasteiger partial charge in [0.25, 0.3) is 0 Å². The Hall–Kier alpha value is -2.84. The van der Waals surface area contributed by atoms with E-state index in [1.807, 2.05) is 13.8 Å². The second kappa shape index (κ2) is 8.14. The number of amides is 1. The summed E-state index contributed by atoms with van der Waals surface area (Å²) < 4.78 is 5.05. The van der Waals surface area contributed by atoms with E-state index in [1.165, 1.54) is 0 Å². The van der Waals surface area contributed by atoms with E-state index in [0.717, 1.165) is 0 Å². The molecule has 2 N–H and O–H groups in total. The molecule has 0 fully saturated rings. The molecule has 0 aliphatic carbocycles.